The third-order valence-corrected chi connectivity index (χ3v) is 4.02. The summed E-state index contributed by atoms with van der Waals surface area (Å²) in [6.07, 6.45) is 3.12. The quantitative estimate of drug-likeness (QED) is 0.520. The van der Waals surface area contributed by atoms with Gasteiger partial charge in [0.1, 0.15) is 17.2 Å². The molecule has 0 amide bonds. The molecule has 0 spiro atoms. The van der Waals surface area contributed by atoms with Crippen LogP contribution in [0.2, 0.25) is 0 Å². The Morgan fingerprint density at radius 3 is 2.35 bits per heavy atom. The fourth-order valence-corrected chi connectivity index (χ4v) is 2.73. The Balaban J connectivity index is 2.01. The molecule has 0 saturated carbocycles. The van der Waals surface area contributed by atoms with Gasteiger partial charge in [0.05, 0.1) is 12.7 Å². The van der Waals surface area contributed by atoms with Gasteiger partial charge in [0.15, 0.2) is 5.78 Å². The third-order valence-electron chi connectivity index (χ3n) is 4.02. The van der Waals surface area contributed by atoms with Crippen LogP contribution in [0.3, 0.4) is 0 Å². The number of carbonyl (C=O) groups excluding carboxylic acids is 1. The van der Waals surface area contributed by atoms with Crippen molar-refractivity contribution < 1.29 is 19.7 Å². The van der Waals surface area contributed by atoms with Crippen LogP contribution in [0.4, 0.5) is 0 Å². The van der Waals surface area contributed by atoms with E-state index in [-0.39, 0.29) is 22.8 Å². The van der Waals surface area contributed by atoms with Crippen LogP contribution >= 0.6 is 0 Å². The summed E-state index contributed by atoms with van der Waals surface area (Å²) in [5.74, 6) is 0.498. The summed E-state index contributed by atoms with van der Waals surface area (Å²) >= 11 is 0. The van der Waals surface area contributed by atoms with Crippen molar-refractivity contribution in [3.05, 3.63) is 83.9 Å². The van der Waals surface area contributed by atoms with E-state index in [2.05, 4.69) is 0 Å². The summed E-state index contributed by atoms with van der Waals surface area (Å²) in [6, 6.07) is 18.8. The van der Waals surface area contributed by atoms with Crippen molar-refractivity contribution in [2.75, 3.05) is 7.11 Å². The molecule has 26 heavy (non-hydrogen) atoms. The lowest BCUT2D eigenvalue weighted by Gasteiger charge is -2.12. The maximum Gasteiger partial charge on any atom is 0.189 e. The molecule has 0 saturated heterocycles. The molecule has 0 bridgehead atoms. The molecule has 0 heterocycles. The number of allylic oxidation sites excluding steroid dienone is 1. The summed E-state index contributed by atoms with van der Waals surface area (Å²) in [5.41, 5.74) is 2.71. The van der Waals surface area contributed by atoms with Crippen molar-refractivity contribution in [2.45, 2.75) is 0 Å². The summed E-state index contributed by atoms with van der Waals surface area (Å²) in [6.45, 7) is 0. The van der Waals surface area contributed by atoms with E-state index in [4.69, 9.17) is 4.74 Å². The van der Waals surface area contributed by atoms with Crippen molar-refractivity contribution >= 4 is 11.9 Å². The SMILES string of the molecule is COc1cccc(/C=C/C(=O)c2ccccc2O)c1-c1ccc(O)cc1. The Morgan fingerprint density at radius 2 is 1.65 bits per heavy atom. The molecule has 0 unspecified atom stereocenters. The van der Waals surface area contributed by atoms with Crippen LogP contribution in [0.15, 0.2) is 72.8 Å². The van der Waals surface area contributed by atoms with Crippen LogP contribution in [0.25, 0.3) is 17.2 Å². The molecule has 4 heteroatoms. The largest absolute Gasteiger partial charge is 0.508 e. The van der Waals surface area contributed by atoms with Gasteiger partial charge in [0.2, 0.25) is 0 Å². The van der Waals surface area contributed by atoms with E-state index in [1.54, 1.807) is 55.7 Å². The Labute approximate surface area is 151 Å². The van der Waals surface area contributed by atoms with E-state index in [0.29, 0.717) is 5.75 Å². The lowest BCUT2D eigenvalue weighted by molar-refractivity contribution is 0.104. The minimum absolute atomic E-state index is 0.0495. The Morgan fingerprint density at radius 1 is 0.923 bits per heavy atom. The van der Waals surface area contributed by atoms with Crippen molar-refractivity contribution in [3.63, 3.8) is 0 Å². The molecule has 4 nitrogen and oxygen atoms in total. The van der Waals surface area contributed by atoms with Crippen molar-refractivity contribution in [1.82, 2.24) is 0 Å². The first-order valence-corrected chi connectivity index (χ1v) is 8.07. The van der Waals surface area contributed by atoms with Gasteiger partial charge in [-0.15, -0.1) is 0 Å². The average Bonchev–Trinajstić information content (AvgIpc) is 2.67. The van der Waals surface area contributed by atoms with E-state index >= 15 is 0 Å². The van der Waals surface area contributed by atoms with E-state index < -0.39 is 0 Å². The van der Waals surface area contributed by atoms with Crippen LogP contribution in [0.1, 0.15) is 15.9 Å². The lowest BCUT2D eigenvalue weighted by Crippen LogP contribution is -1.95. The minimum atomic E-state index is -0.289. The first-order valence-electron chi connectivity index (χ1n) is 8.07. The zero-order valence-corrected chi connectivity index (χ0v) is 14.2. The molecular formula is C22H18O4. The Bertz CT molecular complexity index is 956. The van der Waals surface area contributed by atoms with Gasteiger partial charge in [-0.1, -0.05) is 42.5 Å². The maximum atomic E-state index is 12.4. The number of methoxy groups -OCH3 is 1. The molecule has 3 aromatic carbocycles. The molecule has 0 aliphatic heterocycles. The maximum absolute atomic E-state index is 12.4. The molecule has 0 radical (unpaired) electrons. The molecule has 0 aromatic heterocycles. The van der Waals surface area contributed by atoms with Gasteiger partial charge in [0, 0.05) is 5.56 Å². The van der Waals surface area contributed by atoms with Gasteiger partial charge in [-0.3, -0.25) is 4.79 Å². The lowest BCUT2D eigenvalue weighted by atomic mass is 9.97. The Kier molecular flexibility index (Phi) is 5.04. The van der Waals surface area contributed by atoms with Crippen LogP contribution < -0.4 is 4.74 Å². The number of phenols is 2. The van der Waals surface area contributed by atoms with E-state index in [1.165, 1.54) is 12.1 Å². The van der Waals surface area contributed by atoms with E-state index in [0.717, 1.165) is 16.7 Å². The van der Waals surface area contributed by atoms with Crippen LogP contribution in [-0.2, 0) is 0 Å². The average molecular weight is 346 g/mol. The number of ketones is 1. The van der Waals surface area contributed by atoms with Gasteiger partial charge in [-0.05, 0) is 47.5 Å². The molecule has 3 rings (SSSR count). The molecule has 3 aromatic rings. The van der Waals surface area contributed by atoms with Crippen molar-refractivity contribution in [1.29, 1.82) is 0 Å². The second-order valence-corrected chi connectivity index (χ2v) is 5.69. The second kappa shape index (κ2) is 7.57. The van der Waals surface area contributed by atoms with Crippen molar-refractivity contribution in [3.8, 4) is 28.4 Å². The number of benzene rings is 3. The van der Waals surface area contributed by atoms with Gasteiger partial charge in [0.25, 0.3) is 0 Å². The van der Waals surface area contributed by atoms with Gasteiger partial charge >= 0.3 is 0 Å². The number of ether oxygens (including phenoxy) is 1. The van der Waals surface area contributed by atoms with E-state index in [9.17, 15) is 15.0 Å². The molecule has 2 N–H and O–H groups in total. The monoisotopic (exact) mass is 346 g/mol. The normalized spacial score (nSPS) is 10.8. The molecule has 0 atom stereocenters. The fourth-order valence-electron chi connectivity index (χ4n) is 2.73. The fraction of sp³-hybridized carbons (Fsp3) is 0.0455. The number of para-hydroxylation sites is 1. The summed E-state index contributed by atoms with van der Waals surface area (Å²) < 4.78 is 5.46. The predicted octanol–water partition coefficient (Wildman–Crippen LogP) is 4.67. The number of rotatable bonds is 5. The first-order chi connectivity index (χ1) is 12.6. The van der Waals surface area contributed by atoms with Crippen LogP contribution in [0, 0.1) is 0 Å². The number of phenolic OH excluding ortho intramolecular Hbond substituents is 2. The number of hydrogen-bond donors (Lipinski definition) is 2. The summed E-state index contributed by atoms with van der Waals surface area (Å²) in [5, 5.41) is 19.3. The molecule has 0 fully saturated rings. The van der Waals surface area contributed by atoms with E-state index in [1.807, 2.05) is 18.2 Å². The van der Waals surface area contributed by atoms with Crippen LogP contribution in [0.5, 0.6) is 17.2 Å². The van der Waals surface area contributed by atoms with Gasteiger partial charge in [-0.25, -0.2) is 0 Å². The van der Waals surface area contributed by atoms with Crippen LogP contribution in [-0.4, -0.2) is 23.1 Å². The third kappa shape index (κ3) is 3.59. The molecule has 0 aliphatic carbocycles. The Hall–Kier alpha value is -3.53. The highest BCUT2D eigenvalue weighted by Gasteiger charge is 2.11. The zero-order chi connectivity index (χ0) is 18.5. The van der Waals surface area contributed by atoms with Crippen molar-refractivity contribution in [2.24, 2.45) is 0 Å². The summed E-state index contributed by atoms with van der Waals surface area (Å²) in [4.78, 5) is 12.4. The smallest absolute Gasteiger partial charge is 0.189 e. The topological polar surface area (TPSA) is 66.8 Å². The number of carbonyl (C=O) groups is 1. The highest BCUT2D eigenvalue weighted by molar-refractivity contribution is 6.09. The number of hydrogen-bond acceptors (Lipinski definition) is 4. The van der Waals surface area contributed by atoms with Gasteiger partial charge in [-0.2, -0.15) is 0 Å². The molecule has 130 valence electrons. The second-order valence-electron chi connectivity index (χ2n) is 5.69. The highest BCUT2D eigenvalue weighted by Crippen LogP contribution is 2.35. The molecular weight excluding hydrogens is 328 g/mol. The highest BCUT2D eigenvalue weighted by atomic mass is 16.5. The first kappa shape index (κ1) is 17.3. The molecule has 0 aliphatic rings. The summed E-state index contributed by atoms with van der Waals surface area (Å²) in [7, 11) is 1.58. The standard InChI is InChI=1S/C22H18O4/c1-26-21-8-4-5-15(22(21)16-9-12-17(23)13-10-16)11-14-20(25)18-6-2-3-7-19(18)24/h2-14,23-24H,1H3/b14-11+. The van der Waals surface area contributed by atoms with Gasteiger partial charge < -0.3 is 14.9 Å². The zero-order valence-electron chi connectivity index (χ0n) is 14.2. The predicted molar refractivity (Wildman–Crippen MR) is 102 cm³/mol. The number of aromatic hydroxyl groups is 2. The minimum Gasteiger partial charge on any atom is -0.508 e.